The van der Waals surface area contributed by atoms with E-state index in [4.69, 9.17) is 4.52 Å². The van der Waals surface area contributed by atoms with Crippen molar-refractivity contribution >= 4 is 5.97 Å². The van der Waals surface area contributed by atoms with Crippen molar-refractivity contribution in [3.8, 4) is 11.5 Å². The lowest BCUT2D eigenvalue weighted by Gasteiger charge is -2.39. The maximum absolute atomic E-state index is 11.5. The quantitative estimate of drug-likeness (QED) is 0.635. The molecule has 1 aromatic heterocycles. The first kappa shape index (κ1) is 18.1. The number of carboxylic acids is 1. The van der Waals surface area contributed by atoms with Gasteiger partial charge in [-0.15, -0.1) is 0 Å². The van der Waals surface area contributed by atoms with Gasteiger partial charge < -0.3 is 14.9 Å². The van der Waals surface area contributed by atoms with Gasteiger partial charge in [0.1, 0.15) is 0 Å². The molecule has 2 saturated carbocycles. The SMILES string of the molecule is O=C(O)c1ccccc1-c1nc(C2(CNC3C[C@@H]3c3ccccc3)CCC2)no1. The number of benzene rings is 2. The monoisotopic (exact) mass is 389 g/mol. The van der Waals surface area contributed by atoms with Gasteiger partial charge in [0, 0.05) is 23.9 Å². The number of rotatable bonds is 7. The van der Waals surface area contributed by atoms with Crippen molar-refractivity contribution in [3.63, 3.8) is 0 Å². The molecule has 1 heterocycles. The Bertz CT molecular complexity index is 1030. The Morgan fingerprint density at radius 3 is 2.62 bits per heavy atom. The molecule has 2 atom stereocenters. The first-order valence-electron chi connectivity index (χ1n) is 10.1. The summed E-state index contributed by atoms with van der Waals surface area (Å²) in [6.45, 7) is 0.820. The summed E-state index contributed by atoms with van der Waals surface area (Å²) in [6, 6.07) is 17.8. The van der Waals surface area contributed by atoms with E-state index in [1.807, 2.05) is 6.07 Å². The minimum atomic E-state index is -0.999. The molecule has 0 amide bonds. The van der Waals surface area contributed by atoms with Gasteiger partial charge in [-0.1, -0.05) is 54.0 Å². The molecule has 0 bridgehead atoms. The van der Waals surface area contributed by atoms with E-state index < -0.39 is 5.97 Å². The summed E-state index contributed by atoms with van der Waals surface area (Å²) < 4.78 is 5.48. The minimum absolute atomic E-state index is 0.121. The molecule has 0 aliphatic heterocycles. The predicted molar refractivity (Wildman–Crippen MR) is 108 cm³/mol. The van der Waals surface area contributed by atoms with Crippen LogP contribution in [0.2, 0.25) is 0 Å². The van der Waals surface area contributed by atoms with E-state index in [-0.39, 0.29) is 16.9 Å². The molecule has 6 heteroatoms. The second-order valence-electron chi connectivity index (χ2n) is 8.15. The molecule has 0 radical (unpaired) electrons. The molecular weight excluding hydrogens is 366 g/mol. The van der Waals surface area contributed by atoms with Crippen LogP contribution in [0.5, 0.6) is 0 Å². The Kier molecular flexibility index (Phi) is 4.43. The predicted octanol–water partition coefficient (Wildman–Crippen LogP) is 4.00. The summed E-state index contributed by atoms with van der Waals surface area (Å²) in [5.74, 6) is 0.541. The third kappa shape index (κ3) is 3.34. The summed E-state index contributed by atoms with van der Waals surface area (Å²) in [5.41, 5.74) is 1.91. The van der Waals surface area contributed by atoms with Crippen molar-refractivity contribution < 1.29 is 14.4 Å². The molecule has 2 aromatic carbocycles. The Labute approximate surface area is 169 Å². The molecule has 2 fully saturated rings. The van der Waals surface area contributed by atoms with Crippen LogP contribution in [0.1, 0.15) is 53.3 Å². The smallest absolute Gasteiger partial charge is 0.336 e. The second kappa shape index (κ2) is 7.12. The largest absolute Gasteiger partial charge is 0.478 e. The van der Waals surface area contributed by atoms with Crippen LogP contribution < -0.4 is 5.32 Å². The van der Waals surface area contributed by atoms with Gasteiger partial charge in [-0.2, -0.15) is 4.98 Å². The zero-order valence-corrected chi connectivity index (χ0v) is 16.0. The lowest BCUT2D eigenvalue weighted by Crippen LogP contribution is -2.45. The summed E-state index contributed by atoms with van der Waals surface area (Å²) in [6.07, 6.45) is 4.33. The fraction of sp³-hybridized carbons (Fsp3) is 0.348. The maximum Gasteiger partial charge on any atom is 0.336 e. The maximum atomic E-state index is 11.5. The third-order valence-electron chi connectivity index (χ3n) is 6.32. The molecule has 3 aromatic rings. The van der Waals surface area contributed by atoms with Gasteiger partial charge in [-0.3, -0.25) is 0 Å². The van der Waals surface area contributed by atoms with E-state index in [0.29, 0.717) is 23.3 Å². The molecule has 29 heavy (non-hydrogen) atoms. The van der Waals surface area contributed by atoms with E-state index in [0.717, 1.165) is 32.2 Å². The number of aromatic carboxylic acids is 1. The van der Waals surface area contributed by atoms with Crippen molar-refractivity contribution in [3.05, 3.63) is 71.5 Å². The van der Waals surface area contributed by atoms with Gasteiger partial charge in [0.15, 0.2) is 5.82 Å². The van der Waals surface area contributed by atoms with Gasteiger partial charge in [-0.05, 0) is 37.0 Å². The Morgan fingerprint density at radius 2 is 1.90 bits per heavy atom. The lowest BCUT2D eigenvalue weighted by atomic mass is 9.68. The Balaban J connectivity index is 1.31. The average Bonchev–Trinajstić information content (AvgIpc) is 3.33. The molecule has 0 saturated heterocycles. The summed E-state index contributed by atoms with van der Waals surface area (Å²) in [7, 11) is 0. The van der Waals surface area contributed by atoms with Crippen LogP contribution >= 0.6 is 0 Å². The van der Waals surface area contributed by atoms with Crippen molar-refractivity contribution in [2.75, 3.05) is 6.54 Å². The normalized spacial score (nSPS) is 22.1. The van der Waals surface area contributed by atoms with Gasteiger partial charge >= 0.3 is 5.97 Å². The van der Waals surface area contributed by atoms with Crippen LogP contribution in [0, 0.1) is 0 Å². The van der Waals surface area contributed by atoms with E-state index in [1.165, 1.54) is 5.56 Å². The Hall–Kier alpha value is -2.99. The number of aromatic nitrogens is 2. The van der Waals surface area contributed by atoms with Crippen LogP contribution in [-0.2, 0) is 5.41 Å². The van der Waals surface area contributed by atoms with Crippen LogP contribution in [-0.4, -0.2) is 33.8 Å². The first-order valence-corrected chi connectivity index (χ1v) is 10.1. The number of hydrogen-bond acceptors (Lipinski definition) is 5. The highest BCUT2D eigenvalue weighted by atomic mass is 16.5. The topological polar surface area (TPSA) is 88.2 Å². The summed E-state index contributed by atoms with van der Waals surface area (Å²) >= 11 is 0. The minimum Gasteiger partial charge on any atom is -0.478 e. The van der Waals surface area contributed by atoms with Gasteiger partial charge in [0.2, 0.25) is 0 Å². The van der Waals surface area contributed by atoms with Gasteiger partial charge in [0.05, 0.1) is 11.1 Å². The molecule has 6 nitrogen and oxygen atoms in total. The number of nitrogens with zero attached hydrogens (tertiary/aromatic N) is 2. The molecule has 148 valence electrons. The van der Waals surface area contributed by atoms with Crippen LogP contribution in [0.25, 0.3) is 11.5 Å². The highest BCUT2D eigenvalue weighted by Crippen LogP contribution is 2.45. The fourth-order valence-corrected chi connectivity index (χ4v) is 4.30. The van der Waals surface area contributed by atoms with Crippen LogP contribution in [0.15, 0.2) is 59.1 Å². The molecule has 2 N–H and O–H groups in total. The zero-order valence-electron chi connectivity index (χ0n) is 16.0. The number of carbonyl (C=O) groups is 1. The molecular formula is C23H23N3O3. The Morgan fingerprint density at radius 1 is 1.14 bits per heavy atom. The van der Waals surface area contributed by atoms with Crippen molar-refractivity contribution in [2.45, 2.75) is 43.1 Å². The fourth-order valence-electron chi connectivity index (χ4n) is 4.30. The van der Waals surface area contributed by atoms with Crippen LogP contribution in [0.3, 0.4) is 0 Å². The number of hydrogen-bond donors (Lipinski definition) is 2. The van der Waals surface area contributed by atoms with Crippen molar-refractivity contribution in [1.82, 2.24) is 15.5 Å². The number of nitrogens with one attached hydrogen (secondary N) is 1. The van der Waals surface area contributed by atoms with Gasteiger partial charge in [0.25, 0.3) is 5.89 Å². The summed E-state index contributed by atoms with van der Waals surface area (Å²) in [4.78, 5) is 16.1. The standard InChI is InChI=1S/C23H23N3O3/c27-21(28)17-10-5-4-9-16(17)20-25-22(26-29-20)23(11-6-12-23)14-24-19-13-18(19)15-7-2-1-3-8-15/h1-5,7-10,18-19,24H,6,11-14H2,(H,27,28)/t18-,19?/m1/s1. The van der Waals surface area contributed by atoms with Crippen molar-refractivity contribution in [1.29, 1.82) is 0 Å². The van der Waals surface area contributed by atoms with Crippen molar-refractivity contribution in [2.24, 2.45) is 0 Å². The molecule has 5 rings (SSSR count). The van der Waals surface area contributed by atoms with Gasteiger partial charge in [-0.25, -0.2) is 4.79 Å². The molecule has 2 aliphatic rings. The summed E-state index contributed by atoms with van der Waals surface area (Å²) in [5, 5.41) is 17.4. The first-order chi connectivity index (χ1) is 14.2. The third-order valence-corrected chi connectivity index (χ3v) is 6.32. The average molecular weight is 389 g/mol. The highest BCUT2D eigenvalue weighted by molar-refractivity contribution is 5.94. The molecule has 0 spiro atoms. The second-order valence-corrected chi connectivity index (χ2v) is 8.15. The number of carboxylic acid groups (broad SMARTS) is 1. The lowest BCUT2D eigenvalue weighted by molar-refractivity contribution is 0.0697. The van der Waals surface area contributed by atoms with E-state index in [9.17, 15) is 9.90 Å². The zero-order chi connectivity index (χ0) is 19.8. The van der Waals surface area contributed by atoms with E-state index in [2.05, 4.69) is 39.7 Å². The molecule has 2 aliphatic carbocycles. The molecule has 1 unspecified atom stereocenters. The highest BCUT2D eigenvalue weighted by Gasteiger charge is 2.46. The van der Waals surface area contributed by atoms with Crippen LogP contribution in [0.4, 0.5) is 0 Å². The van der Waals surface area contributed by atoms with E-state index in [1.54, 1.807) is 24.3 Å². The van der Waals surface area contributed by atoms with E-state index >= 15 is 0 Å².